The molecule has 21 heavy (non-hydrogen) atoms. The first-order chi connectivity index (χ1) is 10.2. The molecule has 1 aliphatic rings. The molecular weight excluding hydrogens is 268 g/mol. The van der Waals surface area contributed by atoms with Crippen molar-refractivity contribution >= 4 is 11.7 Å². The first-order valence-corrected chi connectivity index (χ1v) is 7.71. The Balaban J connectivity index is 1.96. The topological polar surface area (TPSA) is 67.4 Å². The molecule has 2 heterocycles. The van der Waals surface area contributed by atoms with E-state index in [1.54, 1.807) is 17.3 Å². The van der Waals surface area contributed by atoms with Crippen molar-refractivity contribution in [3.63, 3.8) is 0 Å². The van der Waals surface area contributed by atoms with Crippen LogP contribution in [0.25, 0.3) is 0 Å². The van der Waals surface area contributed by atoms with Crippen LogP contribution in [0.1, 0.15) is 43.6 Å². The fourth-order valence-corrected chi connectivity index (χ4v) is 2.33. The Bertz CT molecular complexity index is 443. The predicted octanol–water partition coefficient (Wildman–Crippen LogP) is 1.94. The van der Waals surface area contributed by atoms with Gasteiger partial charge in [-0.05, 0) is 26.2 Å². The van der Waals surface area contributed by atoms with Crippen LogP contribution in [0.5, 0.6) is 0 Å². The third-order valence-corrected chi connectivity index (χ3v) is 3.54. The maximum atomic E-state index is 12.4. The molecule has 6 nitrogen and oxygen atoms in total. The second-order valence-corrected chi connectivity index (χ2v) is 5.19. The number of aromatic nitrogens is 2. The van der Waals surface area contributed by atoms with Crippen LogP contribution in [-0.2, 0) is 4.74 Å². The molecule has 0 aromatic carbocycles. The number of carbonyl (C=O) groups is 1. The lowest BCUT2D eigenvalue weighted by molar-refractivity contribution is 0.0534. The van der Waals surface area contributed by atoms with Gasteiger partial charge in [0.05, 0.1) is 18.5 Å². The summed E-state index contributed by atoms with van der Waals surface area (Å²) in [6.45, 7) is 6.99. The summed E-state index contributed by atoms with van der Waals surface area (Å²) in [5.41, 5.74) is 0.386. The van der Waals surface area contributed by atoms with Crippen LogP contribution in [0.4, 0.5) is 5.82 Å². The van der Waals surface area contributed by atoms with E-state index in [2.05, 4.69) is 22.2 Å². The number of hydrogen-bond acceptors (Lipinski definition) is 5. The Morgan fingerprint density at radius 1 is 1.43 bits per heavy atom. The minimum Gasteiger partial charge on any atom is -0.376 e. The zero-order valence-corrected chi connectivity index (χ0v) is 12.8. The normalized spacial score (nSPS) is 17.7. The smallest absolute Gasteiger partial charge is 0.274 e. The van der Waals surface area contributed by atoms with Crippen LogP contribution >= 0.6 is 0 Å². The lowest BCUT2D eigenvalue weighted by Gasteiger charge is -2.23. The van der Waals surface area contributed by atoms with Crippen LogP contribution in [0.3, 0.4) is 0 Å². The fraction of sp³-hybridized carbons (Fsp3) is 0.667. The Hall–Kier alpha value is -1.69. The summed E-state index contributed by atoms with van der Waals surface area (Å²) in [6.07, 6.45) is 6.44. The first kappa shape index (κ1) is 15.7. The molecule has 1 aliphatic heterocycles. The molecule has 1 atom stereocenters. The number of ether oxygens (including phenoxy) is 1. The molecule has 0 saturated carbocycles. The van der Waals surface area contributed by atoms with Crippen LogP contribution < -0.4 is 5.32 Å². The van der Waals surface area contributed by atoms with Crippen LogP contribution in [-0.4, -0.2) is 53.1 Å². The number of nitrogens with zero attached hydrogens (tertiary/aromatic N) is 3. The Kier molecular flexibility index (Phi) is 5.92. The minimum atomic E-state index is -0.0810. The number of hydrogen-bond donors (Lipinski definition) is 1. The Morgan fingerprint density at radius 3 is 2.86 bits per heavy atom. The van der Waals surface area contributed by atoms with Gasteiger partial charge in [-0.1, -0.05) is 6.92 Å². The minimum absolute atomic E-state index is 0.0810. The molecule has 0 bridgehead atoms. The van der Waals surface area contributed by atoms with Gasteiger partial charge in [0.1, 0.15) is 11.5 Å². The Labute approximate surface area is 125 Å². The third kappa shape index (κ3) is 4.39. The number of likely N-dealkylation sites (N-methyl/N-ethyl adjacent to an activating group) is 1. The molecule has 0 spiro atoms. The molecule has 0 aliphatic carbocycles. The van der Waals surface area contributed by atoms with Crippen molar-refractivity contribution in [3.05, 3.63) is 18.1 Å². The predicted molar refractivity (Wildman–Crippen MR) is 81.4 cm³/mol. The maximum absolute atomic E-state index is 12.4. The van der Waals surface area contributed by atoms with E-state index in [0.29, 0.717) is 24.6 Å². The van der Waals surface area contributed by atoms with Crippen LogP contribution in [0.2, 0.25) is 0 Å². The number of rotatable bonds is 7. The van der Waals surface area contributed by atoms with Gasteiger partial charge in [-0.3, -0.25) is 4.79 Å². The van der Waals surface area contributed by atoms with Crippen molar-refractivity contribution < 1.29 is 9.53 Å². The summed E-state index contributed by atoms with van der Waals surface area (Å²) in [5.74, 6) is 0.623. The van der Waals surface area contributed by atoms with Crippen molar-refractivity contribution in [1.82, 2.24) is 14.9 Å². The second-order valence-electron chi connectivity index (χ2n) is 5.19. The lowest BCUT2D eigenvalue weighted by Crippen LogP contribution is -2.37. The highest BCUT2D eigenvalue weighted by Crippen LogP contribution is 2.14. The van der Waals surface area contributed by atoms with E-state index in [-0.39, 0.29) is 12.0 Å². The SMILES string of the molecule is CCCNc1cnc(C(=O)N(CC)CC2CCCO2)cn1. The van der Waals surface area contributed by atoms with Gasteiger partial charge in [0, 0.05) is 26.2 Å². The van der Waals surface area contributed by atoms with E-state index in [0.717, 1.165) is 32.4 Å². The van der Waals surface area contributed by atoms with Crippen molar-refractivity contribution in [2.45, 2.75) is 39.2 Å². The molecular formula is C15H24N4O2. The van der Waals surface area contributed by atoms with Crippen molar-refractivity contribution in [3.8, 4) is 0 Å². The molecule has 116 valence electrons. The van der Waals surface area contributed by atoms with Gasteiger partial charge < -0.3 is 15.0 Å². The van der Waals surface area contributed by atoms with Gasteiger partial charge >= 0.3 is 0 Å². The summed E-state index contributed by atoms with van der Waals surface area (Å²) in [4.78, 5) is 22.7. The number of anilines is 1. The quantitative estimate of drug-likeness (QED) is 0.832. The summed E-state index contributed by atoms with van der Waals surface area (Å²) >= 11 is 0. The lowest BCUT2D eigenvalue weighted by atomic mass is 10.2. The molecule has 1 aromatic rings. The van der Waals surface area contributed by atoms with E-state index >= 15 is 0 Å². The summed E-state index contributed by atoms with van der Waals surface area (Å²) in [5, 5.41) is 3.14. The Morgan fingerprint density at radius 2 is 2.29 bits per heavy atom. The molecule has 2 rings (SSSR count). The van der Waals surface area contributed by atoms with Crippen LogP contribution in [0.15, 0.2) is 12.4 Å². The molecule has 1 unspecified atom stereocenters. The summed E-state index contributed by atoms with van der Waals surface area (Å²) < 4.78 is 5.59. The highest BCUT2D eigenvalue weighted by Gasteiger charge is 2.23. The van der Waals surface area contributed by atoms with Gasteiger partial charge in [-0.25, -0.2) is 9.97 Å². The van der Waals surface area contributed by atoms with Crippen molar-refractivity contribution in [2.75, 3.05) is 31.6 Å². The van der Waals surface area contributed by atoms with Gasteiger partial charge in [0.15, 0.2) is 0 Å². The van der Waals surface area contributed by atoms with Gasteiger partial charge in [0.2, 0.25) is 0 Å². The molecule has 6 heteroatoms. The molecule has 1 saturated heterocycles. The first-order valence-electron chi connectivity index (χ1n) is 7.71. The van der Waals surface area contributed by atoms with E-state index in [1.165, 1.54) is 0 Å². The standard InChI is InChI=1S/C15H24N4O2/c1-3-7-16-14-10-17-13(9-18-14)15(20)19(4-2)11-12-6-5-8-21-12/h9-10,12H,3-8,11H2,1-2H3,(H,16,18). The fourth-order valence-electron chi connectivity index (χ4n) is 2.33. The van der Waals surface area contributed by atoms with Gasteiger partial charge in [-0.15, -0.1) is 0 Å². The number of carbonyl (C=O) groups excluding carboxylic acids is 1. The zero-order valence-electron chi connectivity index (χ0n) is 12.8. The van der Waals surface area contributed by atoms with Crippen LogP contribution in [0, 0.1) is 0 Å². The van der Waals surface area contributed by atoms with Gasteiger partial charge in [0.25, 0.3) is 5.91 Å². The molecule has 1 aromatic heterocycles. The average Bonchev–Trinajstić information content (AvgIpc) is 3.03. The highest BCUT2D eigenvalue weighted by molar-refractivity contribution is 5.92. The zero-order chi connectivity index (χ0) is 15.1. The van der Waals surface area contributed by atoms with Crippen molar-refractivity contribution in [2.24, 2.45) is 0 Å². The maximum Gasteiger partial charge on any atom is 0.274 e. The van der Waals surface area contributed by atoms with Crippen molar-refractivity contribution in [1.29, 1.82) is 0 Å². The highest BCUT2D eigenvalue weighted by atomic mass is 16.5. The monoisotopic (exact) mass is 292 g/mol. The number of amides is 1. The summed E-state index contributed by atoms with van der Waals surface area (Å²) in [7, 11) is 0. The largest absolute Gasteiger partial charge is 0.376 e. The van der Waals surface area contributed by atoms with E-state index in [9.17, 15) is 4.79 Å². The number of nitrogens with one attached hydrogen (secondary N) is 1. The van der Waals surface area contributed by atoms with E-state index in [4.69, 9.17) is 4.74 Å². The molecule has 1 N–H and O–H groups in total. The van der Waals surface area contributed by atoms with Gasteiger partial charge in [-0.2, -0.15) is 0 Å². The molecule has 1 fully saturated rings. The second kappa shape index (κ2) is 7.93. The summed E-state index contributed by atoms with van der Waals surface area (Å²) in [6, 6.07) is 0. The third-order valence-electron chi connectivity index (χ3n) is 3.54. The van der Waals surface area contributed by atoms with E-state index < -0.39 is 0 Å². The molecule has 1 amide bonds. The van der Waals surface area contributed by atoms with E-state index in [1.807, 2.05) is 6.92 Å². The molecule has 0 radical (unpaired) electrons. The average molecular weight is 292 g/mol.